The van der Waals surface area contributed by atoms with Crippen LogP contribution in [0.2, 0.25) is 0 Å². The second kappa shape index (κ2) is 9.42. The van der Waals surface area contributed by atoms with Gasteiger partial charge in [-0.15, -0.1) is 0 Å². The summed E-state index contributed by atoms with van der Waals surface area (Å²) in [6.07, 6.45) is 2.99. The lowest BCUT2D eigenvalue weighted by Crippen LogP contribution is -2.21. The van der Waals surface area contributed by atoms with Gasteiger partial charge in [-0.1, -0.05) is 29.8 Å². The first-order valence-electron chi connectivity index (χ1n) is 9.98. The number of amides is 1. The van der Waals surface area contributed by atoms with E-state index in [1.807, 2.05) is 25.5 Å². The molecular weight excluding hydrogens is 394 g/mol. The van der Waals surface area contributed by atoms with Crippen molar-refractivity contribution in [3.05, 3.63) is 70.2 Å². The van der Waals surface area contributed by atoms with E-state index in [0.29, 0.717) is 12.4 Å². The maximum atomic E-state index is 12.1. The zero-order valence-corrected chi connectivity index (χ0v) is 18.5. The molecule has 3 rings (SSSR count). The van der Waals surface area contributed by atoms with Gasteiger partial charge in [-0.05, 0) is 39.3 Å². The van der Waals surface area contributed by atoms with Crippen molar-refractivity contribution in [3.63, 3.8) is 0 Å². The molecule has 1 amide bonds. The highest BCUT2D eigenvalue weighted by molar-refractivity contribution is 5.94. The van der Waals surface area contributed by atoms with Crippen LogP contribution in [-0.2, 0) is 27.9 Å². The molecule has 0 unspecified atom stereocenters. The number of rotatable bonds is 7. The number of hydrogen-bond donors (Lipinski definition) is 1. The number of nitrogens with zero attached hydrogens (tertiary/aromatic N) is 4. The first-order valence-corrected chi connectivity index (χ1v) is 9.98. The van der Waals surface area contributed by atoms with Crippen LogP contribution >= 0.6 is 0 Å². The predicted octanol–water partition coefficient (Wildman–Crippen LogP) is 3.09. The minimum absolute atomic E-state index is 0.377. The SMILES string of the molecule is Cc1ccc(Cn2nc(C)c(/C=C/C(=O)OCC(=O)Nc3cc(C)nn3C)c2C)cc1. The number of aromatic nitrogens is 4. The smallest absolute Gasteiger partial charge is 0.331 e. The van der Waals surface area contributed by atoms with Crippen LogP contribution in [0.3, 0.4) is 0 Å². The van der Waals surface area contributed by atoms with Crippen LogP contribution in [0.25, 0.3) is 6.08 Å². The molecule has 0 fully saturated rings. The van der Waals surface area contributed by atoms with Crippen LogP contribution in [0.5, 0.6) is 0 Å². The zero-order chi connectivity index (χ0) is 22.5. The lowest BCUT2D eigenvalue weighted by molar-refractivity contribution is -0.142. The molecule has 0 aliphatic carbocycles. The van der Waals surface area contributed by atoms with E-state index in [4.69, 9.17) is 4.74 Å². The molecule has 2 aromatic heterocycles. The summed E-state index contributed by atoms with van der Waals surface area (Å²) in [6, 6.07) is 10.0. The summed E-state index contributed by atoms with van der Waals surface area (Å²) in [5, 5.41) is 11.4. The van der Waals surface area contributed by atoms with Gasteiger partial charge < -0.3 is 10.1 Å². The molecule has 0 spiro atoms. The third-order valence-corrected chi connectivity index (χ3v) is 4.89. The summed E-state index contributed by atoms with van der Waals surface area (Å²) < 4.78 is 8.50. The molecule has 0 radical (unpaired) electrons. The van der Waals surface area contributed by atoms with Gasteiger partial charge in [0, 0.05) is 30.4 Å². The lowest BCUT2D eigenvalue weighted by Gasteiger charge is -2.06. The summed E-state index contributed by atoms with van der Waals surface area (Å²) in [5.74, 6) is -0.481. The summed E-state index contributed by atoms with van der Waals surface area (Å²) in [7, 11) is 1.72. The number of aryl methyl sites for hydroxylation is 4. The molecule has 0 aliphatic rings. The molecule has 0 bridgehead atoms. The van der Waals surface area contributed by atoms with Gasteiger partial charge in [0.1, 0.15) is 5.82 Å². The van der Waals surface area contributed by atoms with Crippen molar-refractivity contribution in [2.75, 3.05) is 11.9 Å². The largest absolute Gasteiger partial charge is 0.452 e. The van der Waals surface area contributed by atoms with Gasteiger partial charge >= 0.3 is 5.97 Å². The Morgan fingerprint density at radius 2 is 1.81 bits per heavy atom. The predicted molar refractivity (Wildman–Crippen MR) is 119 cm³/mol. The van der Waals surface area contributed by atoms with E-state index in [0.717, 1.165) is 28.2 Å². The molecule has 1 N–H and O–H groups in total. The Hall–Kier alpha value is -3.68. The first-order chi connectivity index (χ1) is 14.7. The number of anilines is 1. The van der Waals surface area contributed by atoms with Crippen LogP contribution in [0, 0.1) is 27.7 Å². The van der Waals surface area contributed by atoms with Crippen LogP contribution in [-0.4, -0.2) is 38.0 Å². The summed E-state index contributed by atoms with van der Waals surface area (Å²) >= 11 is 0. The minimum Gasteiger partial charge on any atom is -0.452 e. The molecule has 1 aromatic carbocycles. The molecule has 2 heterocycles. The summed E-state index contributed by atoms with van der Waals surface area (Å²) in [4.78, 5) is 24.1. The third-order valence-electron chi connectivity index (χ3n) is 4.89. The Morgan fingerprint density at radius 1 is 1.10 bits per heavy atom. The highest BCUT2D eigenvalue weighted by Gasteiger charge is 2.12. The number of carbonyl (C=O) groups is 2. The van der Waals surface area contributed by atoms with Gasteiger partial charge in [-0.25, -0.2) is 4.79 Å². The molecular formula is C23H27N5O3. The number of benzene rings is 1. The molecule has 0 saturated carbocycles. The van der Waals surface area contributed by atoms with Gasteiger partial charge in [0.25, 0.3) is 5.91 Å². The third kappa shape index (κ3) is 5.69. The highest BCUT2D eigenvalue weighted by Crippen LogP contribution is 2.17. The van der Waals surface area contributed by atoms with Gasteiger partial charge in [0.05, 0.1) is 17.9 Å². The van der Waals surface area contributed by atoms with Gasteiger partial charge in [-0.3, -0.25) is 14.2 Å². The van der Waals surface area contributed by atoms with Crippen molar-refractivity contribution in [3.8, 4) is 0 Å². The second-order valence-electron chi connectivity index (χ2n) is 7.51. The van der Waals surface area contributed by atoms with Gasteiger partial charge in [0.2, 0.25) is 0 Å². The number of esters is 1. The van der Waals surface area contributed by atoms with Gasteiger partial charge in [-0.2, -0.15) is 10.2 Å². The maximum absolute atomic E-state index is 12.1. The number of carbonyl (C=O) groups excluding carboxylic acids is 2. The Balaban J connectivity index is 1.57. The van der Waals surface area contributed by atoms with Crippen molar-refractivity contribution in [2.24, 2.45) is 7.05 Å². The standard InChI is InChI=1S/C23H27N5O3/c1-15-6-8-19(9-7-15)13-28-18(4)20(17(3)26-28)10-11-23(30)31-14-22(29)24-21-12-16(2)25-27(21)5/h6-12H,13-14H2,1-5H3,(H,24,29)/b11-10+. The summed E-state index contributed by atoms with van der Waals surface area (Å²) in [5.41, 5.74) is 5.78. The van der Waals surface area contributed by atoms with Crippen molar-refractivity contribution in [1.82, 2.24) is 19.6 Å². The van der Waals surface area contributed by atoms with Gasteiger partial charge in [0.15, 0.2) is 6.61 Å². The van der Waals surface area contributed by atoms with E-state index in [1.165, 1.54) is 11.6 Å². The van der Waals surface area contributed by atoms with Crippen molar-refractivity contribution < 1.29 is 14.3 Å². The van der Waals surface area contributed by atoms with E-state index in [1.54, 1.807) is 23.9 Å². The van der Waals surface area contributed by atoms with Crippen molar-refractivity contribution in [2.45, 2.75) is 34.2 Å². The lowest BCUT2D eigenvalue weighted by atomic mass is 10.1. The molecule has 31 heavy (non-hydrogen) atoms. The van der Waals surface area contributed by atoms with Crippen molar-refractivity contribution >= 4 is 23.8 Å². The van der Waals surface area contributed by atoms with Crippen LogP contribution in [0.4, 0.5) is 5.82 Å². The fourth-order valence-corrected chi connectivity index (χ4v) is 3.22. The quantitative estimate of drug-likeness (QED) is 0.468. The van der Waals surface area contributed by atoms with E-state index in [9.17, 15) is 9.59 Å². The first kappa shape index (κ1) is 22.0. The molecule has 0 aliphatic heterocycles. The topological polar surface area (TPSA) is 91.0 Å². The van der Waals surface area contributed by atoms with E-state index >= 15 is 0 Å². The summed E-state index contributed by atoms with van der Waals surface area (Å²) in [6.45, 7) is 8.01. The Morgan fingerprint density at radius 3 is 2.45 bits per heavy atom. The van der Waals surface area contributed by atoms with E-state index in [-0.39, 0.29) is 6.61 Å². The molecule has 162 valence electrons. The molecule has 0 saturated heterocycles. The minimum atomic E-state index is -0.596. The molecule has 0 atom stereocenters. The Kier molecular flexibility index (Phi) is 6.69. The second-order valence-corrected chi connectivity index (χ2v) is 7.51. The highest BCUT2D eigenvalue weighted by atomic mass is 16.5. The molecule has 8 nitrogen and oxygen atoms in total. The fraction of sp³-hybridized carbons (Fsp3) is 0.304. The molecule has 3 aromatic rings. The van der Waals surface area contributed by atoms with E-state index in [2.05, 4.69) is 46.7 Å². The normalized spacial score (nSPS) is 11.1. The van der Waals surface area contributed by atoms with Crippen LogP contribution < -0.4 is 5.32 Å². The van der Waals surface area contributed by atoms with Crippen molar-refractivity contribution in [1.29, 1.82) is 0 Å². The monoisotopic (exact) mass is 421 g/mol. The maximum Gasteiger partial charge on any atom is 0.331 e. The Bertz CT molecular complexity index is 1120. The number of nitrogens with one attached hydrogen (secondary N) is 1. The molecule has 8 heteroatoms. The number of hydrogen-bond acceptors (Lipinski definition) is 5. The Labute approximate surface area is 181 Å². The average Bonchev–Trinajstić information content (AvgIpc) is 3.17. The zero-order valence-electron chi connectivity index (χ0n) is 18.5. The van der Waals surface area contributed by atoms with Crippen LogP contribution in [0.1, 0.15) is 33.8 Å². The van der Waals surface area contributed by atoms with Crippen LogP contribution in [0.15, 0.2) is 36.4 Å². The van der Waals surface area contributed by atoms with E-state index < -0.39 is 11.9 Å². The number of ether oxygens (including phenoxy) is 1. The average molecular weight is 422 g/mol. The fourth-order valence-electron chi connectivity index (χ4n) is 3.22.